The zero-order valence-corrected chi connectivity index (χ0v) is 14.1. The van der Waals surface area contributed by atoms with Crippen molar-refractivity contribution in [2.75, 3.05) is 6.16 Å². The maximum absolute atomic E-state index is 12.0. The quantitative estimate of drug-likeness (QED) is 0.825. The van der Waals surface area contributed by atoms with E-state index in [4.69, 9.17) is 5.73 Å². The summed E-state index contributed by atoms with van der Waals surface area (Å²) in [4.78, 5) is 12.0. The first-order valence-corrected chi connectivity index (χ1v) is 8.38. The Kier molecular flexibility index (Phi) is 5.15. The van der Waals surface area contributed by atoms with Gasteiger partial charge in [-0.1, -0.05) is 36.8 Å². The van der Waals surface area contributed by atoms with Gasteiger partial charge < -0.3 is 10.3 Å². The molecule has 5 heteroatoms. The average Bonchev–Trinajstić information content (AvgIpc) is 2.78. The van der Waals surface area contributed by atoms with Crippen LogP contribution in [0.5, 0.6) is 0 Å². The minimum atomic E-state index is -0.416. The number of aromatic nitrogens is 1. The molecule has 2 rings (SSSR count). The molecule has 1 heterocycles. The molecular formula is C17H21N2O2P. The second-order valence-electron chi connectivity index (χ2n) is 5.37. The van der Waals surface area contributed by atoms with E-state index < -0.39 is 5.91 Å². The van der Waals surface area contributed by atoms with E-state index >= 15 is 0 Å². The lowest BCUT2D eigenvalue weighted by molar-refractivity contribution is 0.1000. The highest BCUT2D eigenvalue weighted by atomic mass is 31.1. The Morgan fingerprint density at radius 3 is 2.36 bits per heavy atom. The van der Waals surface area contributed by atoms with Crippen molar-refractivity contribution < 1.29 is 9.36 Å². The van der Waals surface area contributed by atoms with Crippen LogP contribution in [0.1, 0.15) is 34.2 Å². The van der Waals surface area contributed by atoms with Gasteiger partial charge >= 0.3 is 0 Å². The molecule has 116 valence electrons. The Morgan fingerprint density at radius 2 is 1.86 bits per heavy atom. The number of nitrogens with zero attached hydrogens (tertiary/aromatic N) is 1. The number of carbonyl (C=O) groups is 1. The van der Waals surface area contributed by atoms with Crippen LogP contribution in [-0.2, 0) is 17.5 Å². The predicted octanol–water partition coefficient (Wildman–Crippen LogP) is 3.72. The third-order valence-electron chi connectivity index (χ3n) is 3.97. The topological polar surface area (TPSA) is 65.1 Å². The predicted molar refractivity (Wildman–Crippen MR) is 89.7 cm³/mol. The fourth-order valence-corrected chi connectivity index (χ4v) is 3.22. The maximum atomic E-state index is 12.0. The number of hydrogen-bond acceptors (Lipinski definition) is 2. The number of hydrogen-bond donors (Lipinski definition) is 1. The average molecular weight is 316 g/mol. The Balaban J connectivity index is 2.71. The number of carbonyl (C=O) groups excluding carboxylic acids is 1. The molecule has 1 amide bonds. The van der Waals surface area contributed by atoms with Gasteiger partial charge in [0.2, 0.25) is 0 Å². The molecule has 22 heavy (non-hydrogen) atoms. The van der Waals surface area contributed by atoms with Crippen LogP contribution in [-0.4, -0.2) is 16.6 Å². The molecule has 0 bridgehead atoms. The Hall–Kier alpha value is -1.93. The standard InChI is InChI=1S/C17H21N2O2P/c1-4-14-16(13-7-5-11(2)6-8-13)15(17(18)20)12(3)19(14)9-10-22-21/h5-8H,4,9-10H2,1-3H3,(H2,18,20). The molecular weight excluding hydrogens is 295 g/mol. The molecule has 0 aliphatic heterocycles. The summed E-state index contributed by atoms with van der Waals surface area (Å²) in [6, 6.07) is 8.10. The van der Waals surface area contributed by atoms with Crippen molar-refractivity contribution in [2.45, 2.75) is 33.7 Å². The monoisotopic (exact) mass is 316 g/mol. The van der Waals surface area contributed by atoms with Gasteiger partial charge in [-0.25, -0.2) is 0 Å². The molecule has 0 saturated carbocycles. The Morgan fingerprint density at radius 1 is 1.23 bits per heavy atom. The van der Waals surface area contributed by atoms with E-state index in [1.807, 2.05) is 38.1 Å². The van der Waals surface area contributed by atoms with Crippen molar-refractivity contribution in [3.05, 3.63) is 46.8 Å². The summed E-state index contributed by atoms with van der Waals surface area (Å²) < 4.78 is 12.9. The van der Waals surface area contributed by atoms with Crippen LogP contribution in [0.2, 0.25) is 0 Å². The van der Waals surface area contributed by atoms with E-state index in [0.717, 1.165) is 28.9 Å². The molecule has 0 radical (unpaired) electrons. The van der Waals surface area contributed by atoms with Gasteiger partial charge in [0, 0.05) is 29.7 Å². The molecule has 2 aromatic rings. The number of aryl methyl sites for hydroxylation is 1. The van der Waals surface area contributed by atoms with Gasteiger partial charge in [-0.05, 0) is 25.8 Å². The first-order chi connectivity index (χ1) is 10.5. The fourth-order valence-electron chi connectivity index (χ4n) is 2.94. The van der Waals surface area contributed by atoms with Gasteiger partial charge in [0.05, 0.1) is 5.56 Å². The summed E-state index contributed by atoms with van der Waals surface area (Å²) in [6.45, 7) is 6.61. The Labute approximate surface area is 132 Å². The van der Waals surface area contributed by atoms with E-state index in [0.29, 0.717) is 18.3 Å². The molecule has 0 spiro atoms. The number of amides is 1. The highest BCUT2D eigenvalue weighted by molar-refractivity contribution is 7.23. The highest BCUT2D eigenvalue weighted by Crippen LogP contribution is 2.33. The molecule has 0 fully saturated rings. The lowest BCUT2D eigenvalue weighted by atomic mass is 9.98. The summed E-state index contributed by atoms with van der Waals surface area (Å²) in [5.74, 6) is -0.416. The minimum Gasteiger partial charge on any atom is -0.366 e. The summed E-state index contributed by atoms with van der Waals surface area (Å²) in [7, 11) is 0.107. The van der Waals surface area contributed by atoms with Crippen LogP contribution >= 0.6 is 8.46 Å². The normalized spacial score (nSPS) is 11.0. The van der Waals surface area contributed by atoms with Gasteiger partial charge in [0.15, 0.2) is 8.46 Å². The van der Waals surface area contributed by atoms with E-state index in [9.17, 15) is 9.36 Å². The summed E-state index contributed by atoms with van der Waals surface area (Å²) in [5.41, 5.74) is 11.2. The van der Waals surface area contributed by atoms with E-state index in [-0.39, 0.29) is 8.46 Å². The molecule has 0 atom stereocenters. The lowest BCUT2D eigenvalue weighted by Gasteiger charge is -2.10. The Bertz CT molecular complexity index is 702. The molecule has 1 aromatic carbocycles. The first-order valence-electron chi connectivity index (χ1n) is 7.39. The second-order valence-corrected chi connectivity index (χ2v) is 6.08. The van der Waals surface area contributed by atoms with Gasteiger partial charge in [-0.2, -0.15) is 0 Å². The van der Waals surface area contributed by atoms with Crippen molar-refractivity contribution in [3.63, 3.8) is 0 Å². The van der Waals surface area contributed by atoms with Gasteiger partial charge in [0.1, 0.15) is 0 Å². The minimum absolute atomic E-state index is 0.107. The maximum Gasteiger partial charge on any atom is 0.251 e. The molecule has 0 unspecified atom stereocenters. The summed E-state index contributed by atoms with van der Waals surface area (Å²) in [5, 5.41) is 0. The van der Waals surface area contributed by atoms with Crippen LogP contribution in [0.4, 0.5) is 0 Å². The van der Waals surface area contributed by atoms with E-state index in [2.05, 4.69) is 11.5 Å². The summed E-state index contributed by atoms with van der Waals surface area (Å²) in [6.07, 6.45) is 1.31. The highest BCUT2D eigenvalue weighted by Gasteiger charge is 2.23. The smallest absolute Gasteiger partial charge is 0.251 e. The lowest BCUT2D eigenvalue weighted by Crippen LogP contribution is -2.13. The van der Waals surface area contributed by atoms with Crippen molar-refractivity contribution >= 4 is 14.4 Å². The third-order valence-corrected chi connectivity index (χ3v) is 4.35. The molecule has 2 N–H and O–H groups in total. The van der Waals surface area contributed by atoms with Crippen LogP contribution < -0.4 is 5.73 Å². The van der Waals surface area contributed by atoms with Gasteiger partial charge in [-0.15, -0.1) is 0 Å². The molecule has 0 aliphatic rings. The van der Waals surface area contributed by atoms with Crippen LogP contribution in [0.15, 0.2) is 24.3 Å². The number of nitrogens with two attached hydrogens (primary N) is 1. The molecule has 4 nitrogen and oxygen atoms in total. The number of primary amides is 1. The van der Waals surface area contributed by atoms with E-state index in [1.54, 1.807) is 0 Å². The van der Waals surface area contributed by atoms with Gasteiger partial charge in [0.25, 0.3) is 5.91 Å². The van der Waals surface area contributed by atoms with Crippen LogP contribution in [0, 0.1) is 13.8 Å². The SMILES string of the molecule is CCc1c(-c2ccc(C)cc2)c(C(N)=O)c(C)n1CCP=O. The number of rotatable bonds is 6. The molecule has 0 saturated heterocycles. The van der Waals surface area contributed by atoms with Crippen LogP contribution in [0.25, 0.3) is 11.1 Å². The van der Waals surface area contributed by atoms with Crippen molar-refractivity contribution in [3.8, 4) is 11.1 Å². The zero-order chi connectivity index (χ0) is 16.3. The number of benzene rings is 1. The van der Waals surface area contributed by atoms with Crippen molar-refractivity contribution in [1.29, 1.82) is 0 Å². The largest absolute Gasteiger partial charge is 0.366 e. The second kappa shape index (κ2) is 6.89. The summed E-state index contributed by atoms with van der Waals surface area (Å²) >= 11 is 0. The van der Waals surface area contributed by atoms with Crippen molar-refractivity contribution in [1.82, 2.24) is 4.57 Å². The van der Waals surface area contributed by atoms with Crippen LogP contribution in [0.3, 0.4) is 0 Å². The van der Waals surface area contributed by atoms with Crippen molar-refractivity contribution in [2.24, 2.45) is 5.73 Å². The van der Waals surface area contributed by atoms with Gasteiger partial charge in [-0.3, -0.25) is 9.36 Å². The molecule has 1 aromatic heterocycles. The molecule has 0 aliphatic carbocycles. The zero-order valence-electron chi connectivity index (χ0n) is 13.2. The first kappa shape index (κ1) is 16.4. The third kappa shape index (κ3) is 2.97. The fraction of sp³-hybridized carbons (Fsp3) is 0.353. The van der Waals surface area contributed by atoms with E-state index in [1.165, 1.54) is 5.56 Å².